The van der Waals surface area contributed by atoms with Crippen molar-refractivity contribution >= 4 is 44.5 Å². The molecule has 0 spiro atoms. The summed E-state index contributed by atoms with van der Waals surface area (Å²) >= 11 is 10.4. The first-order chi connectivity index (χ1) is 6.15. The molecule has 0 aliphatic rings. The zero-order valence-corrected chi connectivity index (χ0v) is 10.5. The van der Waals surface area contributed by atoms with Crippen LogP contribution in [0.4, 0.5) is 4.39 Å². The molecule has 0 saturated heterocycles. The van der Waals surface area contributed by atoms with Crippen molar-refractivity contribution in [2.75, 3.05) is 5.75 Å². The first-order valence-electron chi connectivity index (χ1n) is 3.39. The van der Waals surface area contributed by atoms with E-state index < -0.39 is 0 Å². The van der Waals surface area contributed by atoms with E-state index in [1.165, 1.54) is 12.1 Å². The molecular formula is C9H5Br2FS. The quantitative estimate of drug-likeness (QED) is 0.547. The van der Waals surface area contributed by atoms with E-state index in [1.807, 2.05) is 0 Å². The van der Waals surface area contributed by atoms with Gasteiger partial charge in [0.15, 0.2) is 0 Å². The Morgan fingerprint density at radius 1 is 1.31 bits per heavy atom. The van der Waals surface area contributed by atoms with Crippen LogP contribution in [-0.4, -0.2) is 5.75 Å². The van der Waals surface area contributed by atoms with Crippen molar-refractivity contribution in [1.29, 1.82) is 0 Å². The van der Waals surface area contributed by atoms with E-state index in [-0.39, 0.29) is 5.82 Å². The zero-order valence-electron chi connectivity index (χ0n) is 6.44. The fourth-order valence-electron chi connectivity index (χ4n) is 0.790. The SMILES string of the molecule is Fc1cc(Br)c(C#CCS)c(Br)c1. The fourth-order valence-corrected chi connectivity index (χ4v) is 2.20. The van der Waals surface area contributed by atoms with E-state index in [0.29, 0.717) is 14.7 Å². The van der Waals surface area contributed by atoms with Gasteiger partial charge in [0.1, 0.15) is 5.82 Å². The van der Waals surface area contributed by atoms with Gasteiger partial charge in [0.25, 0.3) is 0 Å². The predicted molar refractivity (Wildman–Crippen MR) is 62.5 cm³/mol. The lowest BCUT2D eigenvalue weighted by Gasteiger charge is -1.99. The summed E-state index contributed by atoms with van der Waals surface area (Å²) in [5, 5.41) is 0. The summed E-state index contributed by atoms with van der Waals surface area (Å²) in [7, 11) is 0. The largest absolute Gasteiger partial charge is 0.207 e. The molecule has 68 valence electrons. The Labute approximate surface area is 98.6 Å². The number of thiol groups is 1. The molecular weight excluding hydrogens is 319 g/mol. The number of halogens is 3. The van der Waals surface area contributed by atoms with Crippen molar-refractivity contribution in [3.05, 3.63) is 32.5 Å². The summed E-state index contributed by atoms with van der Waals surface area (Å²) in [6.45, 7) is 0. The van der Waals surface area contributed by atoms with Gasteiger partial charge in [0.05, 0.1) is 11.3 Å². The van der Waals surface area contributed by atoms with Crippen LogP contribution >= 0.6 is 44.5 Å². The van der Waals surface area contributed by atoms with E-state index in [1.54, 1.807) is 0 Å². The third-order valence-corrected chi connectivity index (χ3v) is 2.71. The van der Waals surface area contributed by atoms with Crippen molar-refractivity contribution in [1.82, 2.24) is 0 Å². The van der Waals surface area contributed by atoms with Gasteiger partial charge in [0.2, 0.25) is 0 Å². The van der Waals surface area contributed by atoms with Gasteiger partial charge < -0.3 is 0 Å². The van der Waals surface area contributed by atoms with Crippen LogP contribution in [0.3, 0.4) is 0 Å². The van der Waals surface area contributed by atoms with Crippen LogP contribution in [0.15, 0.2) is 21.1 Å². The van der Waals surface area contributed by atoms with Gasteiger partial charge in [-0.05, 0) is 44.0 Å². The van der Waals surface area contributed by atoms with E-state index in [2.05, 4.69) is 56.3 Å². The lowest BCUT2D eigenvalue weighted by Crippen LogP contribution is -1.83. The van der Waals surface area contributed by atoms with Crippen molar-refractivity contribution in [2.45, 2.75) is 0 Å². The zero-order chi connectivity index (χ0) is 9.84. The molecule has 0 bridgehead atoms. The summed E-state index contributed by atoms with van der Waals surface area (Å²) in [5.74, 6) is 5.85. The second kappa shape index (κ2) is 5.04. The van der Waals surface area contributed by atoms with Gasteiger partial charge in [-0.25, -0.2) is 4.39 Å². The summed E-state index contributed by atoms with van der Waals surface area (Å²) < 4.78 is 14.1. The summed E-state index contributed by atoms with van der Waals surface area (Å²) in [4.78, 5) is 0. The smallest absolute Gasteiger partial charge is 0.125 e. The molecule has 1 aromatic carbocycles. The fraction of sp³-hybridized carbons (Fsp3) is 0.111. The highest BCUT2D eigenvalue weighted by molar-refractivity contribution is 9.11. The van der Waals surface area contributed by atoms with Crippen molar-refractivity contribution in [3.8, 4) is 11.8 Å². The molecule has 0 heterocycles. The topological polar surface area (TPSA) is 0 Å². The second-order valence-corrected chi connectivity index (χ2v) is 4.23. The maximum absolute atomic E-state index is 12.8. The van der Waals surface area contributed by atoms with Crippen LogP contribution in [0.2, 0.25) is 0 Å². The predicted octanol–water partition coefficient (Wildman–Crippen LogP) is 3.63. The van der Waals surface area contributed by atoms with Crippen molar-refractivity contribution < 1.29 is 4.39 Å². The Balaban J connectivity index is 3.21. The molecule has 0 unspecified atom stereocenters. The molecule has 0 nitrogen and oxygen atoms in total. The van der Waals surface area contributed by atoms with Gasteiger partial charge in [-0.1, -0.05) is 11.8 Å². The molecule has 13 heavy (non-hydrogen) atoms. The first-order valence-corrected chi connectivity index (χ1v) is 5.61. The molecule has 0 radical (unpaired) electrons. The Hall–Kier alpha value is 0.0200. The monoisotopic (exact) mass is 322 g/mol. The average molecular weight is 324 g/mol. The molecule has 0 N–H and O–H groups in total. The standard InChI is InChI=1S/C9H5Br2FS/c10-8-4-6(12)5-9(11)7(8)2-1-3-13/h4-5,13H,3H2. The third kappa shape index (κ3) is 3.01. The average Bonchev–Trinajstić information content (AvgIpc) is 2.02. The second-order valence-electron chi connectivity index (χ2n) is 2.20. The third-order valence-electron chi connectivity index (χ3n) is 1.30. The Morgan fingerprint density at radius 2 is 1.85 bits per heavy atom. The minimum absolute atomic E-state index is 0.296. The number of hydrogen-bond donors (Lipinski definition) is 1. The van der Waals surface area contributed by atoms with Crippen molar-refractivity contribution in [3.63, 3.8) is 0 Å². The highest BCUT2D eigenvalue weighted by Crippen LogP contribution is 2.25. The minimum Gasteiger partial charge on any atom is -0.207 e. The van der Waals surface area contributed by atoms with Gasteiger partial charge in [-0.3, -0.25) is 0 Å². The molecule has 0 aliphatic heterocycles. The van der Waals surface area contributed by atoms with Crippen LogP contribution in [-0.2, 0) is 0 Å². The van der Waals surface area contributed by atoms with Gasteiger partial charge >= 0.3 is 0 Å². The molecule has 0 aliphatic carbocycles. The Morgan fingerprint density at radius 3 is 2.31 bits per heavy atom. The van der Waals surface area contributed by atoms with E-state index in [9.17, 15) is 4.39 Å². The normalized spacial score (nSPS) is 9.23. The highest BCUT2D eigenvalue weighted by atomic mass is 79.9. The molecule has 0 aromatic heterocycles. The maximum atomic E-state index is 12.8. The Bertz CT molecular complexity index is 356. The van der Waals surface area contributed by atoms with E-state index in [0.717, 1.165) is 5.56 Å². The van der Waals surface area contributed by atoms with Crippen LogP contribution in [0.5, 0.6) is 0 Å². The van der Waals surface area contributed by atoms with Gasteiger partial charge in [-0.15, -0.1) is 0 Å². The van der Waals surface area contributed by atoms with Crippen LogP contribution < -0.4 is 0 Å². The molecule has 0 fully saturated rings. The van der Waals surface area contributed by atoms with E-state index >= 15 is 0 Å². The molecule has 0 saturated carbocycles. The number of benzene rings is 1. The summed E-state index contributed by atoms with van der Waals surface area (Å²) in [6.07, 6.45) is 0. The van der Waals surface area contributed by atoms with Crippen LogP contribution in [0, 0.1) is 17.7 Å². The Kier molecular flexibility index (Phi) is 4.30. The number of hydrogen-bond acceptors (Lipinski definition) is 1. The summed E-state index contributed by atoms with van der Waals surface area (Å²) in [6, 6.07) is 2.76. The van der Waals surface area contributed by atoms with Gasteiger partial charge in [0, 0.05) is 8.95 Å². The highest BCUT2D eigenvalue weighted by Gasteiger charge is 2.04. The maximum Gasteiger partial charge on any atom is 0.125 e. The molecule has 0 amide bonds. The molecule has 0 atom stereocenters. The first kappa shape index (κ1) is 11.1. The van der Waals surface area contributed by atoms with Gasteiger partial charge in [-0.2, -0.15) is 12.6 Å². The van der Waals surface area contributed by atoms with E-state index in [4.69, 9.17) is 0 Å². The lowest BCUT2D eigenvalue weighted by molar-refractivity contribution is 0.626. The van der Waals surface area contributed by atoms with Crippen LogP contribution in [0.25, 0.3) is 0 Å². The van der Waals surface area contributed by atoms with Crippen LogP contribution in [0.1, 0.15) is 5.56 Å². The molecule has 1 aromatic rings. The lowest BCUT2D eigenvalue weighted by atomic mass is 10.2. The summed E-state index contributed by atoms with van der Waals surface area (Å²) in [5.41, 5.74) is 0.746. The minimum atomic E-state index is -0.296. The van der Waals surface area contributed by atoms with Crippen molar-refractivity contribution in [2.24, 2.45) is 0 Å². The molecule has 1 rings (SSSR count). The molecule has 4 heteroatoms. The number of rotatable bonds is 0.